The summed E-state index contributed by atoms with van der Waals surface area (Å²) in [6.45, 7) is 5.13. The largest absolute Gasteiger partial charge is 0.493 e. The van der Waals surface area contributed by atoms with Crippen molar-refractivity contribution in [1.29, 1.82) is 0 Å². The van der Waals surface area contributed by atoms with E-state index in [4.69, 9.17) is 4.74 Å². The van der Waals surface area contributed by atoms with E-state index in [0.29, 0.717) is 30.0 Å². The molecular weight excluding hydrogens is 322 g/mol. The number of para-hydroxylation sites is 1. The number of carbonyl (C=O) groups excluding carboxylic acids is 1. The van der Waals surface area contributed by atoms with Crippen LogP contribution in [-0.4, -0.2) is 34.8 Å². The van der Waals surface area contributed by atoms with Gasteiger partial charge < -0.3 is 10.1 Å². The van der Waals surface area contributed by atoms with E-state index in [-0.39, 0.29) is 5.91 Å². The minimum Gasteiger partial charge on any atom is -0.493 e. The molecule has 1 unspecified atom stereocenters. The second-order valence-electron chi connectivity index (χ2n) is 6.01. The lowest BCUT2D eigenvalue weighted by atomic mass is 9.97. The molecule has 2 aromatic rings. The Balaban J connectivity index is 1.45. The molecule has 0 fully saturated rings. The third-order valence-corrected chi connectivity index (χ3v) is 4.69. The van der Waals surface area contributed by atoms with Crippen molar-refractivity contribution in [3.05, 3.63) is 47.3 Å². The highest BCUT2D eigenvalue weighted by atomic mass is 32.2. The molecule has 0 saturated carbocycles. The molecule has 1 aromatic heterocycles. The fraction of sp³-hybridized carbons (Fsp3) is 0.389. The highest BCUT2D eigenvalue weighted by Crippen LogP contribution is 2.26. The number of nitrogens with zero attached hydrogens (tertiary/aromatic N) is 2. The number of carbonyl (C=O) groups is 1. The van der Waals surface area contributed by atoms with Crippen LogP contribution in [0.5, 0.6) is 5.75 Å². The van der Waals surface area contributed by atoms with Gasteiger partial charge in [-0.05, 0) is 38.0 Å². The zero-order valence-corrected chi connectivity index (χ0v) is 14.7. The number of hydrogen-bond acceptors (Lipinski definition) is 5. The Hall–Kier alpha value is -2.08. The summed E-state index contributed by atoms with van der Waals surface area (Å²) in [5.74, 6) is 1.60. The predicted molar refractivity (Wildman–Crippen MR) is 94.4 cm³/mol. The molecule has 1 N–H and O–H groups in total. The molecule has 0 radical (unpaired) electrons. The van der Waals surface area contributed by atoms with Crippen molar-refractivity contribution in [2.75, 3.05) is 18.9 Å². The molecule has 1 aliphatic heterocycles. The quantitative estimate of drug-likeness (QED) is 0.668. The Labute approximate surface area is 146 Å². The molecule has 126 valence electrons. The minimum atomic E-state index is 0.00150. The number of rotatable bonds is 5. The van der Waals surface area contributed by atoms with E-state index in [1.165, 1.54) is 17.3 Å². The molecule has 0 spiro atoms. The van der Waals surface area contributed by atoms with Crippen molar-refractivity contribution >= 4 is 17.7 Å². The fourth-order valence-electron chi connectivity index (χ4n) is 2.72. The number of thioether (sulfide) groups is 1. The summed E-state index contributed by atoms with van der Waals surface area (Å²) in [6.07, 6.45) is 0.934. The number of hydrogen-bond donors (Lipinski definition) is 1. The van der Waals surface area contributed by atoms with Crippen LogP contribution in [-0.2, 0) is 11.2 Å². The van der Waals surface area contributed by atoms with Gasteiger partial charge in [-0.2, -0.15) is 0 Å². The predicted octanol–water partition coefficient (Wildman–Crippen LogP) is 2.55. The first-order valence-electron chi connectivity index (χ1n) is 8.02. The van der Waals surface area contributed by atoms with Gasteiger partial charge in [-0.1, -0.05) is 30.0 Å². The summed E-state index contributed by atoms with van der Waals surface area (Å²) in [5, 5.41) is 3.64. The van der Waals surface area contributed by atoms with Crippen molar-refractivity contribution in [2.24, 2.45) is 5.92 Å². The molecular formula is C18H21N3O2S. The van der Waals surface area contributed by atoms with Crippen LogP contribution in [0, 0.1) is 19.8 Å². The normalized spacial score (nSPS) is 16.2. The Bertz CT molecular complexity index is 716. The number of benzene rings is 1. The molecule has 1 amide bonds. The van der Waals surface area contributed by atoms with Gasteiger partial charge in [-0.3, -0.25) is 4.79 Å². The average Bonchev–Trinajstić information content (AvgIpc) is 2.57. The lowest BCUT2D eigenvalue weighted by Gasteiger charge is -2.25. The van der Waals surface area contributed by atoms with Gasteiger partial charge in [0.2, 0.25) is 5.91 Å². The highest BCUT2D eigenvalue weighted by molar-refractivity contribution is 7.99. The Morgan fingerprint density at radius 3 is 2.83 bits per heavy atom. The second-order valence-corrected chi connectivity index (χ2v) is 6.96. The van der Waals surface area contributed by atoms with Gasteiger partial charge in [0.05, 0.1) is 12.4 Å². The van der Waals surface area contributed by atoms with Crippen LogP contribution in [0.15, 0.2) is 35.5 Å². The maximum absolute atomic E-state index is 12.0. The molecule has 1 aromatic carbocycles. The summed E-state index contributed by atoms with van der Waals surface area (Å²) < 4.78 is 5.75. The third-order valence-electron chi connectivity index (χ3n) is 3.84. The molecule has 6 heteroatoms. The number of fused-ring (bicyclic) bond motifs is 1. The van der Waals surface area contributed by atoms with Gasteiger partial charge in [0.15, 0.2) is 5.16 Å². The summed E-state index contributed by atoms with van der Waals surface area (Å²) in [6, 6.07) is 9.99. The Morgan fingerprint density at radius 1 is 1.29 bits per heavy atom. The molecule has 0 saturated heterocycles. The van der Waals surface area contributed by atoms with Gasteiger partial charge in [0, 0.05) is 23.9 Å². The number of nitrogens with one attached hydrogen (secondary N) is 1. The van der Waals surface area contributed by atoms with E-state index in [0.717, 1.165) is 23.6 Å². The topological polar surface area (TPSA) is 64.1 Å². The lowest BCUT2D eigenvalue weighted by Crippen LogP contribution is -2.35. The van der Waals surface area contributed by atoms with Crippen molar-refractivity contribution < 1.29 is 9.53 Å². The Morgan fingerprint density at radius 2 is 2.04 bits per heavy atom. The minimum absolute atomic E-state index is 0.00150. The summed E-state index contributed by atoms with van der Waals surface area (Å²) in [7, 11) is 0. The highest BCUT2D eigenvalue weighted by Gasteiger charge is 2.20. The smallest absolute Gasteiger partial charge is 0.230 e. The molecule has 0 aliphatic carbocycles. The molecule has 0 bridgehead atoms. The van der Waals surface area contributed by atoms with Crippen molar-refractivity contribution in [3.8, 4) is 5.75 Å². The fourth-order valence-corrected chi connectivity index (χ4v) is 3.50. The van der Waals surface area contributed by atoms with Crippen LogP contribution in [0.3, 0.4) is 0 Å². The maximum atomic E-state index is 12.0. The number of aryl methyl sites for hydroxylation is 2. The van der Waals surface area contributed by atoms with Crippen molar-refractivity contribution in [3.63, 3.8) is 0 Å². The summed E-state index contributed by atoms with van der Waals surface area (Å²) in [5.41, 5.74) is 3.05. The molecule has 2 heterocycles. The van der Waals surface area contributed by atoms with Gasteiger partial charge in [0.25, 0.3) is 0 Å². The zero-order chi connectivity index (χ0) is 16.9. The summed E-state index contributed by atoms with van der Waals surface area (Å²) in [4.78, 5) is 20.7. The second kappa shape index (κ2) is 7.66. The number of ether oxygens (including phenoxy) is 1. The molecule has 1 aliphatic rings. The van der Waals surface area contributed by atoms with Crippen LogP contribution >= 0.6 is 11.8 Å². The first-order valence-corrected chi connectivity index (χ1v) is 9.01. The van der Waals surface area contributed by atoms with E-state index in [1.54, 1.807) is 0 Å². The van der Waals surface area contributed by atoms with Crippen LogP contribution < -0.4 is 10.1 Å². The Kier molecular flexibility index (Phi) is 5.35. The van der Waals surface area contributed by atoms with E-state index in [2.05, 4.69) is 21.4 Å². The summed E-state index contributed by atoms with van der Waals surface area (Å²) >= 11 is 1.37. The van der Waals surface area contributed by atoms with Crippen LogP contribution in [0.4, 0.5) is 0 Å². The SMILES string of the molecule is Cc1cc(C)nc(SCC(=O)NCC2COc3ccccc3C2)n1. The number of aromatic nitrogens is 2. The lowest BCUT2D eigenvalue weighted by molar-refractivity contribution is -0.118. The van der Waals surface area contributed by atoms with E-state index in [1.807, 2.05) is 38.1 Å². The molecule has 1 atom stereocenters. The van der Waals surface area contributed by atoms with Crippen LogP contribution in [0.25, 0.3) is 0 Å². The van der Waals surface area contributed by atoms with E-state index < -0.39 is 0 Å². The van der Waals surface area contributed by atoms with E-state index in [9.17, 15) is 4.79 Å². The zero-order valence-electron chi connectivity index (χ0n) is 13.9. The van der Waals surface area contributed by atoms with Crippen LogP contribution in [0.2, 0.25) is 0 Å². The van der Waals surface area contributed by atoms with Crippen molar-refractivity contribution in [1.82, 2.24) is 15.3 Å². The van der Waals surface area contributed by atoms with E-state index >= 15 is 0 Å². The standard InChI is InChI=1S/C18H21N3O2S/c1-12-7-13(2)21-18(20-12)24-11-17(22)19-9-14-8-15-5-3-4-6-16(15)23-10-14/h3-7,14H,8-11H2,1-2H3,(H,19,22). The molecule has 3 rings (SSSR count). The first kappa shape index (κ1) is 16.8. The maximum Gasteiger partial charge on any atom is 0.230 e. The monoisotopic (exact) mass is 343 g/mol. The number of amides is 1. The van der Waals surface area contributed by atoms with Crippen molar-refractivity contribution in [2.45, 2.75) is 25.4 Å². The molecule has 5 nitrogen and oxygen atoms in total. The van der Waals surface area contributed by atoms with Gasteiger partial charge in [0.1, 0.15) is 5.75 Å². The molecule has 24 heavy (non-hydrogen) atoms. The van der Waals surface area contributed by atoms with Gasteiger partial charge >= 0.3 is 0 Å². The average molecular weight is 343 g/mol. The van der Waals surface area contributed by atoms with Crippen LogP contribution in [0.1, 0.15) is 17.0 Å². The first-order chi connectivity index (χ1) is 11.6. The van der Waals surface area contributed by atoms with Gasteiger partial charge in [-0.25, -0.2) is 9.97 Å². The third kappa shape index (κ3) is 4.47. The van der Waals surface area contributed by atoms with Gasteiger partial charge in [-0.15, -0.1) is 0 Å².